The Morgan fingerprint density at radius 1 is 1.29 bits per heavy atom. The number of carbonyl (C=O) groups excluding carboxylic acids is 2. The van der Waals surface area contributed by atoms with Gasteiger partial charge < -0.3 is 0 Å². The van der Waals surface area contributed by atoms with E-state index >= 15 is 0 Å². The molecule has 0 fully saturated rings. The Hall–Kier alpha value is -1.36. The molecule has 0 saturated carbocycles. The maximum atomic E-state index is 10.1. The molecule has 0 aliphatic carbocycles. The molecule has 0 spiro atoms. The molecule has 0 heterocycles. The molecule has 0 radical (unpaired) electrons. The normalized spacial score (nSPS) is 8.29. The first-order valence-corrected chi connectivity index (χ1v) is 4.71. The number of ketones is 2. The Morgan fingerprint density at radius 3 is 2.00 bits per heavy atom. The second-order valence-corrected chi connectivity index (χ2v) is 2.63. The van der Waals surface area contributed by atoms with Crippen LogP contribution in [0.2, 0.25) is 0 Å². The molecule has 14 heavy (non-hydrogen) atoms. The lowest BCUT2D eigenvalue weighted by Gasteiger charge is -1.73. The predicted molar refractivity (Wildman–Crippen MR) is 61.0 cm³/mol. The summed E-state index contributed by atoms with van der Waals surface area (Å²) in [6.07, 6.45) is 5.14. The summed E-state index contributed by atoms with van der Waals surface area (Å²) in [4.78, 5) is 20.1. The molecule has 0 amide bonds. The van der Waals surface area contributed by atoms with Crippen molar-refractivity contribution in [2.45, 2.75) is 40.5 Å². The van der Waals surface area contributed by atoms with Crippen molar-refractivity contribution < 1.29 is 11.0 Å². The van der Waals surface area contributed by atoms with E-state index in [2.05, 4.69) is 11.8 Å². The zero-order valence-electron chi connectivity index (χ0n) is 9.39. The maximum Gasteiger partial charge on any atom is 0.202 e. The highest BCUT2D eigenvalue weighted by Crippen LogP contribution is 1.78. The summed E-state index contributed by atoms with van der Waals surface area (Å²) in [6.45, 7) is 6.92. The smallest absolute Gasteiger partial charge is 0.202 e. The van der Waals surface area contributed by atoms with Crippen molar-refractivity contribution in [3.63, 3.8) is 0 Å². The lowest BCUT2D eigenvalue weighted by atomic mass is 10.3. The zero-order valence-corrected chi connectivity index (χ0v) is 9.39. The molecule has 0 bridgehead atoms. The third-order valence-corrected chi connectivity index (χ3v) is 1.03. The van der Waals surface area contributed by atoms with E-state index in [1.807, 2.05) is 19.9 Å². The van der Waals surface area contributed by atoms with Crippen LogP contribution < -0.4 is 0 Å². The van der Waals surface area contributed by atoms with Crippen LogP contribution in [0.15, 0.2) is 12.2 Å². The lowest BCUT2D eigenvalue weighted by molar-refractivity contribution is -0.113. The van der Waals surface area contributed by atoms with Crippen molar-refractivity contribution in [1.29, 1.82) is 0 Å². The standard InChI is InChI=1S/C6H10O.C6H8O.H2/c2*1-3-4-5-6(2)7;/h4-5H,3H2,1-2H3;3H2,1-2H3;1H. The first kappa shape index (κ1) is 15.1. The van der Waals surface area contributed by atoms with Gasteiger partial charge >= 0.3 is 0 Å². The number of Topliss-reactive ketones (excluding diaryl/α,β-unsaturated/α-hetero) is 1. The Morgan fingerprint density at radius 2 is 1.86 bits per heavy atom. The molecule has 0 atom stereocenters. The molecule has 2 nitrogen and oxygen atoms in total. The van der Waals surface area contributed by atoms with Gasteiger partial charge in [0.25, 0.3) is 0 Å². The van der Waals surface area contributed by atoms with Crippen molar-refractivity contribution in [3.8, 4) is 11.8 Å². The van der Waals surface area contributed by atoms with Gasteiger partial charge in [-0.2, -0.15) is 0 Å². The highest BCUT2D eigenvalue weighted by atomic mass is 16.1. The molecule has 0 aliphatic rings. The van der Waals surface area contributed by atoms with Crippen molar-refractivity contribution >= 4 is 11.6 Å². The Balaban J connectivity index is -0.000000180. The minimum atomic E-state index is -0.0538. The third-order valence-electron chi connectivity index (χ3n) is 1.03. The van der Waals surface area contributed by atoms with Gasteiger partial charge in [-0.15, -0.1) is 0 Å². The number of carbonyl (C=O) groups is 2. The minimum Gasteiger partial charge on any atom is -0.295 e. The highest BCUT2D eigenvalue weighted by molar-refractivity contribution is 5.93. The average Bonchev–Trinajstić information content (AvgIpc) is 2.12. The molecule has 0 rings (SSSR count). The lowest BCUT2D eigenvalue weighted by Crippen LogP contribution is -1.78. The molecular formula is C12H20O2. The van der Waals surface area contributed by atoms with E-state index in [1.165, 1.54) is 6.92 Å². The summed E-state index contributed by atoms with van der Waals surface area (Å²) in [5.41, 5.74) is 0. The topological polar surface area (TPSA) is 34.1 Å². The number of hydrogen-bond donors (Lipinski definition) is 0. The molecule has 2 heteroatoms. The van der Waals surface area contributed by atoms with E-state index in [0.29, 0.717) is 0 Å². The van der Waals surface area contributed by atoms with Crippen LogP contribution >= 0.6 is 0 Å². The van der Waals surface area contributed by atoms with E-state index in [1.54, 1.807) is 13.0 Å². The van der Waals surface area contributed by atoms with Gasteiger partial charge in [0, 0.05) is 14.8 Å². The molecule has 0 unspecified atom stereocenters. The van der Waals surface area contributed by atoms with Gasteiger partial charge in [-0.1, -0.05) is 25.8 Å². The fourth-order valence-electron chi connectivity index (χ4n) is 0.497. The summed E-state index contributed by atoms with van der Waals surface area (Å²) >= 11 is 0. The average molecular weight is 196 g/mol. The van der Waals surface area contributed by atoms with Gasteiger partial charge in [-0.25, -0.2) is 0 Å². The molecule has 0 aliphatic heterocycles. The Labute approximate surface area is 87.9 Å². The van der Waals surface area contributed by atoms with Gasteiger partial charge in [-0.05, 0) is 25.3 Å². The van der Waals surface area contributed by atoms with Crippen molar-refractivity contribution in [2.75, 3.05) is 0 Å². The number of hydrogen-bond acceptors (Lipinski definition) is 2. The zero-order chi connectivity index (χ0) is 11.4. The maximum absolute atomic E-state index is 10.1. The van der Waals surface area contributed by atoms with E-state index < -0.39 is 0 Å². The summed E-state index contributed by atoms with van der Waals surface area (Å²) in [5, 5.41) is 0. The monoisotopic (exact) mass is 196 g/mol. The van der Waals surface area contributed by atoms with Crippen LogP contribution in [0.3, 0.4) is 0 Å². The quantitative estimate of drug-likeness (QED) is 0.386. The number of allylic oxidation sites excluding steroid dienone is 2. The number of rotatable bonds is 2. The molecule has 80 valence electrons. The van der Waals surface area contributed by atoms with Gasteiger partial charge in [0.15, 0.2) is 5.78 Å². The van der Waals surface area contributed by atoms with Crippen LogP contribution in [0.5, 0.6) is 0 Å². The van der Waals surface area contributed by atoms with E-state index in [0.717, 1.165) is 12.8 Å². The third kappa shape index (κ3) is 22.4. The molecule has 0 N–H and O–H groups in total. The van der Waals surface area contributed by atoms with Gasteiger partial charge in [-0.3, -0.25) is 9.59 Å². The van der Waals surface area contributed by atoms with Gasteiger partial charge in [0.2, 0.25) is 5.78 Å². The Kier molecular flexibility index (Phi) is 12.6. The highest BCUT2D eigenvalue weighted by Gasteiger charge is 1.75. The van der Waals surface area contributed by atoms with Crippen LogP contribution in [-0.2, 0) is 9.59 Å². The molecule has 0 saturated heterocycles. The first-order valence-electron chi connectivity index (χ1n) is 4.71. The molecule has 0 aromatic carbocycles. The van der Waals surface area contributed by atoms with Crippen molar-refractivity contribution in [2.24, 2.45) is 0 Å². The first-order chi connectivity index (χ1) is 6.54. The van der Waals surface area contributed by atoms with E-state index in [4.69, 9.17) is 0 Å². The van der Waals surface area contributed by atoms with Gasteiger partial charge in [0.05, 0.1) is 0 Å². The van der Waals surface area contributed by atoms with Crippen molar-refractivity contribution in [1.82, 2.24) is 0 Å². The van der Waals surface area contributed by atoms with Crippen LogP contribution in [0.4, 0.5) is 0 Å². The fourth-order valence-corrected chi connectivity index (χ4v) is 0.497. The fraction of sp³-hybridized carbons (Fsp3) is 0.500. The van der Waals surface area contributed by atoms with Crippen molar-refractivity contribution in [3.05, 3.63) is 12.2 Å². The SMILES string of the molecule is CCC#CC(C)=O.CCC=CC(C)=O.[HH]. The van der Waals surface area contributed by atoms with Crippen LogP contribution in [0.25, 0.3) is 0 Å². The summed E-state index contributed by atoms with van der Waals surface area (Å²) in [7, 11) is 0. The van der Waals surface area contributed by atoms with Crippen LogP contribution in [0.1, 0.15) is 42.0 Å². The minimum absolute atomic E-state index is 0. The second kappa shape index (κ2) is 11.6. The predicted octanol–water partition coefficient (Wildman–Crippen LogP) is 2.78. The largest absolute Gasteiger partial charge is 0.295 e. The summed E-state index contributed by atoms with van der Waals surface area (Å²) in [6, 6.07) is 0. The van der Waals surface area contributed by atoms with Crippen LogP contribution in [0, 0.1) is 11.8 Å². The van der Waals surface area contributed by atoms with Gasteiger partial charge in [0.1, 0.15) is 0 Å². The molecule has 0 aromatic rings. The molecular weight excluding hydrogens is 176 g/mol. The van der Waals surface area contributed by atoms with E-state index in [-0.39, 0.29) is 13.0 Å². The summed E-state index contributed by atoms with van der Waals surface area (Å²) < 4.78 is 0. The molecule has 0 aromatic heterocycles. The van der Waals surface area contributed by atoms with E-state index in [9.17, 15) is 9.59 Å². The Bertz CT molecular complexity index is 257. The van der Waals surface area contributed by atoms with Crippen LogP contribution in [-0.4, -0.2) is 11.6 Å². The second-order valence-electron chi connectivity index (χ2n) is 2.63. The summed E-state index contributed by atoms with van der Waals surface area (Å²) in [5.74, 6) is 5.13.